The number of hydrogen-bond acceptors (Lipinski definition) is 7. The first kappa shape index (κ1) is 16.5. The van der Waals surface area contributed by atoms with Crippen molar-refractivity contribution in [3.63, 3.8) is 0 Å². The molecule has 17 heavy (non-hydrogen) atoms. The summed E-state index contributed by atoms with van der Waals surface area (Å²) in [5.41, 5.74) is 0. The Labute approximate surface area is 101 Å². The minimum absolute atomic E-state index is 0.270. The predicted octanol–water partition coefficient (Wildman–Crippen LogP) is 1.37. The van der Waals surface area contributed by atoms with Crippen LogP contribution in [0.4, 0.5) is 0 Å². The number of hydrogen-bond donors (Lipinski definition) is 0. The summed E-state index contributed by atoms with van der Waals surface area (Å²) in [5.74, 6) is -0.722. The molecular weight excluding hydrogens is 251 g/mol. The lowest BCUT2D eigenvalue weighted by Crippen LogP contribution is -2.19. The van der Waals surface area contributed by atoms with Gasteiger partial charge in [0, 0.05) is 20.8 Å². The fraction of sp³-hybridized carbons (Fsp3) is 0.889. The summed E-state index contributed by atoms with van der Waals surface area (Å²) in [5, 5.41) is 0. The van der Waals surface area contributed by atoms with E-state index in [2.05, 4.69) is 13.8 Å². The normalized spacial score (nSPS) is 13.4. The van der Waals surface area contributed by atoms with Crippen molar-refractivity contribution in [2.24, 2.45) is 0 Å². The van der Waals surface area contributed by atoms with E-state index in [0.717, 1.165) is 0 Å². The lowest BCUT2D eigenvalue weighted by molar-refractivity contribution is -0.190. The maximum absolute atomic E-state index is 11.5. The Balaban J connectivity index is 3.84. The van der Waals surface area contributed by atoms with E-state index in [0.29, 0.717) is 6.61 Å². The topological polar surface area (TPSA) is 80.3 Å². The van der Waals surface area contributed by atoms with Gasteiger partial charge in [-0.15, -0.1) is 0 Å². The second-order valence-electron chi connectivity index (χ2n) is 2.96. The highest BCUT2D eigenvalue weighted by molar-refractivity contribution is 7.54. The van der Waals surface area contributed by atoms with Gasteiger partial charge in [-0.3, -0.25) is 9.36 Å². The van der Waals surface area contributed by atoms with E-state index < -0.39 is 26.0 Å². The van der Waals surface area contributed by atoms with Crippen LogP contribution < -0.4 is 0 Å². The summed E-state index contributed by atoms with van der Waals surface area (Å²) in [6.07, 6.45) is -0.920. The van der Waals surface area contributed by atoms with Gasteiger partial charge in [-0.25, -0.2) is 0 Å². The highest BCUT2D eigenvalue weighted by Crippen LogP contribution is 2.45. The first-order valence-corrected chi connectivity index (χ1v) is 6.79. The molecule has 1 unspecified atom stereocenters. The van der Waals surface area contributed by atoms with Gasteiger partial charge in [-0.1, -0.05) is 0 Å². The molecule has 0 aromatic carbocycles. The highest BCUT2D eigenvalue weighted by atomic mass is 31.2. The zero-order valence-corrected chi connectivity index (χ0v) is 11.4. The summed E-state index contributed by atoms with van der Waals surface area (Å²) in [6, 6.07) is 0. The Hall–Kier alpha value is -0.460. The van der Waals surface area contributed by atoms with Crippen molar-refractivity contribution in [2.45, 2.75) is 20.1 Å². The summed E-state index contributed by atoms with van der Waals surface area (Å²) in [7, 11) is -0.976. The van der Waals surface area contributed by atoms with Crippen LogP contribution in [0.5, 0.6) is 0 Å². The van der Waals surface area contributed by atoms with Gasteiger partial charge in [0.15, 0.2) is 13.1 Å². The monoisotopic (exact) mass is 270 g/mol. The second kappa shape index (κ2) is 8.60. The van der Waals surface area contributed by atoms with Crippen LogP contribution in [0.25, 0.3) is 0 Å². The van der Waals surface area contributed by atoms with Crippen LogP contribution in [-0.4, -0.2) is 46.0 Å². The molecule has 8 heteroatoms. The largest absolute Gasteiger partial charge is 0.438 e. The molecule has 0 spiro atoms. The first-order valence-electron chi connectivity index (χ1n) is 5.06. The molecule has 0 N–H and O–H groups in total. The van der Waals surface area contributed by atoms with Crippen molar-refractivity contribution in [3.8, 4) is 0 Å². The molecule has 0 radical (unpaired) electrons. The van der Waals surface area contributed by atoms with E-state index >= 15 is 0 Å². The van der Waals surface area contributed by atoms with E-state index in [-0.39, 0.29) is 6.79 Å². The van der Waals surface area contributed by atoms with Crippen molar-refractivity contribution < 1.29 is 32.6 Å². The Bertz CT molecular complexity index is 260. The van der Waals surface area contributed by atoms with Crippen LogP contribution in [0, 0.1) is 0 Å². The van der Waals surface area contributed by atoms with Gasteiger partial charge in [-0.2, -0.15) is 0 Å². The zero-order valence-electron chi connectivity index (χ0n) is 10.5. The molecule has 0 rings (SSSR count). The Morgan fingerprint density at radius 1 is 1.24 bits per heavy atom. The van der Waals surface area contributed by atoms with E-state index in [9.17, 15) is 9.36 Å². The van der Waals surface area contributed by atoms with Crippen molar-refractivity contribution in [1.82, 2.24) is 0 Å². The van der Waals surface area contributed by atoms with Crippen LogP contribution in [0.2, 0.25) is 0 Å². The smallest absolute Gasteiger partial charge is 0.341 e. The molecule has 0 heterocycles. The summed E-state index contributed by atoms with van der Waals surface area (Å²) >= 11 is 0. The SMILES string of the molecule is CCOC(C)OCOC(=O)CP(=O)(OC)OC. The quantitative estimate of drug-likeness (QED) is 0.355. The van der Waals surface area contributed by atoms with E-state index in [1.54, 1.807) is 6.92 Å². The third kappa shape index (κ3) is 7.46. The van der Waals surface area contributed by atoms with Gasteiger partial charge in [0.25, 0.3) is 0 Å². The van der Waals surface area contributed by atoms with Crippen LogP contribution in [0.3, 0.4) is 0 Å². The van der Waals surface area contributed by atoms with Gasteiger partial charge in [0.1, 0.15) is 6.16 Å². The Kier molecular flexibility index (Phi) is 8.37. The van der Waals surface area contributed by atoms with Crippen LogP contribution >= 0.6 is 7.60 Å². The van der Waals surface area contributed by atoms with Gasteiger partial charge in [-0.05, 0) is 13.8 Å². The fourth-order valence-electron chi connectivity index (χ4n) is 0.886. The highest BCUT2D eigenvalue weighted by Gasteiger charge is 2.26. The molecule has 0 aliphatic rings. The molecule has 7 nitrogen and oxygen atoms in total. The van der Waals surface area contributed by atoms with Crippen molar-refractivity contribution >= 4 is 13.6 Å². The van der Waals surface area contributed by atoms with Crippen molar-refractivity contribution in [2.75, 3.05) is 33.8 Å². The third-order valence-electron chi connectivity index (χ3n) is 1.80. The van der Waals surface area contributed by atoms with Crippen molar-refractivity contribution in [3.05, 3.63) is 0 Å². The van der Waals surface area contributed by atoms with Gasteiger partial charge in [0.05, 0.1) is 0 Å². The Morgan fingerprint density at radius 3 is 2.29 bits per heavy atom. The predicted molar refractivity (Wildman–Crippen MR) is 59.6 cm³/mol. The number of carbonyl (C=O) groups excluding carboxylic acids is 1. The minimum atomic E-state index is -3.38. The lowest BCUT2D eigenvalue weighted by atomic mass is 10.7. The molecule has 0 aliphatic carbocycles. The molecule has 0 saturated heterocycles. The molecule has 0 aromatic heterocycles. The van der Waals surface area contributed by atoms with Crippen molar-refractivity contribution in [1.29, 1.82) is 0 Å². The minimum Gasteiger partial charge on any atom is -0.438 e. The summed E-state index contributed by atoms with van der Waals surface area (Å²) < 4.78 is 35.5. The van der Waals surface area contributed by atoms with Gasteiger partial charge < -0.3 is 23.3 Å². The molecule has 0 amide bonds. The standard InChI is InChI=1S/C9H19O7P/c1-5-14-8(2)15-7-16-9(10)6-17(11,12-3)13-4/h8H,5-7H2,1-4H3. The number of carbonyl (C=O) groups is 1. The number of ether oxygens (including phenoxy) is 3. The molecular formula is C9H19O7P. The van der Waals surface area contributed by atoms with Gasteiger partial charge >= 0.3 is 13.6 Å². The molecule has 102 valence electrons. The second-order valence-corrected chi connectivity index (χ2v) is 5.23. The van der Waals surface area contributed by atoms with Crippen LogP contribution in [-0.2, 0) is 32.6 Å². The first-order chi connectivity index (χ1) is 7.97. The Morgan fingerprint density at radius 2 is 1.82 bits per heavy atom. The average Bonchev–Trinajstić information content (AvgIpc) is 2.29. The third-order valence-corrected chi connectivity index (χ3v) is 3.56. The molecule has 0 bridgehead atoms. The van der Waals surface area contributed by atoms with E-state index in [1.165, 1.54) is 14.2 Å². The van der Waals surface area contributed by atoms with E-state index in [1.807, 2.05) is 6.92 Å². The molecule has 0 aromatic rings. The van der Waals surface area contributed by atoms with Crippen LogP contribution in [0.15, 0.2) is 0 Å². The lowest BCUT2D eigenvalue weighted by Gasteiger charge is -2.14. The molecule has 0 saturated carbocycles. The number of rotatable bonds is 9. The molecule has 0 fully saturated rings. The maximum atomic E-state index is 11.5. The number of esters is 1. The summed E-state index contributed by atoms with van der Waals surface area (Å²) in [4.78, 5) is 11.2. The molecule has 1 atom stereocenters. The maximum Gasteiger partial charge on any atom is 0.341 e. The van der Waals surface area contributed by atoms with E-state index in [4.69, 9.17) is 9.47 Å². The summed E-state index contributed by atoms with van der Waals surface area (Å²) in [6.45, 7) is 3.72. The fourth-order valence-corrected chi connectivity index (χ4v) is 1.70. The average molecular weight is 270 g/mol. The van der Waals surface area contributed by atoms with Gasteiger partial charge in [0.2, 0.25) is 0 Å². The van der Waals surface area contributed by atoms with Crippen LogP contribution in [0.1, 0.15) is 13.8 Å². The zero-order chi connectivity index (χ0) is 13.3. The molecule has 0 aliphatic heterocycles.